The van der Waals surface area contributed by atoms with Gasteiger partial charge in [0, 0.05) is 36.8 Å². The number of rotatable bonds is 2. The molecule has 0 saturated carbocycles. The molecule has 7 nitrogen and oxygen atoms in total. The van der Waals surface area contributed by atoms with Crippen LogP contribution in [-0.4, -0.2) is 34.4 Å². The molecular formula is C16H16N4O3S. The Labute approximate surface area is 139 Å². The molecule has 1 aliphatic heterocycles. The van der Waals surface area contributed by atoms with Crippen LogP contribution >= 0.6 is 0 Å². The second-order valence-electron chi connectivity index (χ2n) is 5.89. The maximum absolute atomic E-state index is 13.0. The van der Waals surface area contributed by atoms with E-state index in [2.05, 4.69) is 15.1 Å². The first-order chi connectivity index (χ1) is 11.5. The van der Waals surface area contributed by atoms with E-state index in [4.69, 9.17) is 4.52 Å². The lowest BCUT2D eigenvalue weighted by molar-refractivity contribution is 0.380. The lowest BCUT2D eigenvalue weighted by atomic mass is 10.1. The third-order valence-electron chi connectivity index (χ3n) is 4.27. The van der Waals surface area contributed by atoms with Gasteiger partial charge in [0.15, 0.2) is 11.4 Å². The zero-order valence-corrected chi connectivity index (χ0v) is 14.2. The summed E-state index contributed by atoms with van der Waals surface area (Å²) < 4.78 is 32.4. The summed E-state index contributed by atoms with van der Waals surface area (Å²) in [6, 6.07) is 5.74. The van der Waals surface area contributed by atoms with Crippen molar-refractivity contribution < 1.29 is 12.9 Å². The van der Waals surface area contributed by atoms with Crippen LogP contribution < -0.4 is 0 Å². The maximum Gasteiger partial charge on any atom is 0.248 e. The Kier molecular flexibility index (Phi) is 3.40. The molecule has 0 atom stereocenters. The smallest absolute Gasteiger partial charge is 0.248 e. The molecule has 0 saturated heterocycles. The highest BCUT2D eigenvalue weighted by Gasteiger charge is 2.33. The lowest BCUT2D eigenvalue weighted by Crippen LogP contribution is -2.36. The Balaban J connectivity index is 1.75. The highest BCUT2D eigenvalue weighted by molar-refractivity contribution is 7.89. The van der Waals surface area contributed by atoms with Gasteiger partial charge in [-0.3, -0.25) is 0 Å². The summed E-state index contributed by atoms with van der Waals surface area (Å²) in [6.07, 6.45) is 2.27. The van der Waals surface area contributed by atoms with Crippen molar-refractivity contribution in [3.8, 4) is 0 Å². The summed E-state index contributed by atoms with van der Waals surface area (Å²) in [7, 11) is -3.64. The number of pyridine rings is 2. The van der Waals surface area contributed by atoms with Crippen molar-refractivity contribution in [1.29, 1.82) is 0 Å². The first-order valence-corrected chi connectivity index (χ1v) is 9.07. The third-order valence-corrected chi connectivity index (χ3v) is 6.36. The van der Waals surface area contributed by atoms with E-state index in [1.807, 2.05) is 18.2 Å². The number of fused-ring (bicyclic) bond motifs is 2. The molecule has 1 aliphatic rings. The zero-order chi connectivity index (χ0) is 16.9. The van der Waals surface area contributed by atoms with Gasteiger partial charge in [0.2, 0.25) is 10.0 Å². The topological polar surface area (TPSA) is 89.2 Å². The van der Waals surface area contributed by atoms with E-state index in [9.17, 15) is 8.42 Å². The predicted molar refractivity (Wildman–Crippen MR) is 86.8 cm³/mol. The summed E-state index contributed by atoms with van der Waals surface area (Å²) in [6.45, 7) is 3.93. The van der Waals surface area contributed by atoms with E-state index in [1.54, 1.807) is 20.0 Å². The molecule has 3 aromatic heterocycles. The van der Waals surface area contributed by atoms with Gasteiger partial charge in [-0.1, -0.05) is 5.16 Å². The number of hydrogen-bond acceptors (Lipinski definition) is 6. The molecule has 0 bridgehead atoms. The van der Waals surface area contributed by atoms with Crippen molar-refractivity contribution in [1.82, 2.24) is 19.4 Å². The average Bonchev–Trinajstić information content (AvgIpc) is 2.91. The standard InChI is InChI=1S/C16H16N4O3S/c1-10-15(11(2)23-19-10)24(21,22)20-7-5-14-13(9-20)8-12-4-3-6-17-16(12)18-14/h3-4,6,8H,5,7,9H2,1-2H3. The van der Waals surface area contributed by atoms with Gasteiger partial charge < -0.3 is 4.52 Å². The molecule has 0 aromatic carbocycles. The van der Waals surface area contributed by atoms with E-state index in [-0.39, 0.29) is 4.90 Å². The van der Waals surface area contributed by atoms with E-state index in [1.165, 1.54) is 4.31 Å². The van der Waals surface area contributed by atoms with Gasteiger partial charge in [0.25, 0.3) is 0 Å². The summed E-state index contributed by atoms with van der Waals surface area (Å²) in [5.41, 5.74) is 2.90. The van der Waals surface area contributed by atoms with Crippen LogP contribution in [0.2, 0.25) is 0 Å². The second kappa shape index (κ2) is 5.35. The molecule has 0 spiro atoms. The van der Waals surface area contributed by atoms with Gasteiger partial charge in [-0.15, -0.1) is 0 Å². The Morgan fingerprint density at radius 3 is 2.88 bits per heavy atom. The molecule has 0 fully saturated rings. The normalized spacial score (nSPS) is 15.6. The number of aryl methyl sites for hydroxylation is 2. The van der Waals surface area contributed by atoms with Gasteiger partial charge >= 0.3 is 0 Å². The van der Waals surface area contributed by atoms with E-state index >= 15 is 0 Å². The van der Waals surface area contributed by atoms with Crippen molar-refractivity contribution in [3.63, 3.8) is 0 Å². The van der Waals surface area contributed by atoms with Crippen LogP contribution in [0.15, 0.2) is 33.8 Å². The largest absolute Gasteiger partial charge is 0.360 e. The van der Waals surface area contributed by atoms with Crippen molar-refractivity contribution in [2.24, 2.45) is 0 Å². The van der Waals surface area contributed by atoms with E-state index < -0.39 is 10.0 Å². The molecule has 124 valence electrons. The molecule has 24 heavy (non-hydrogen) atoms. The van der Waals surface area contributed by atoms with Crippen LogP contribution in [0.3, 0.4) is 0 Å². The molecule has 4 heterocycles. The number of aromatic nitrogens is 3. The van der Waals surface area contributed by atoms with Crippen LogP contribution in [0.4, 0.5) is 0 Å². The van der Waals surface area contributed by atoms with Crippen molar-refractivity contribution in [2.45, 2.75) is 31.7 Å². The first kappa shape index (κ1) is 15.2. The molecule has 0 N–H and O–H groups in total. The van der Waals surface area contributed by atoms with Gasteiger partial charge in [-0.25, -0.2) is 18.4 Å². The van der Waals surface area contributed by atoms with Crippen molar-refractivity contribution in [2.75, 3.05) is 6.54 Å². The molecule has 0 aliphatic carbocycles. The zero-order valence-electron chi connectivity index (χ0n) is 13.4. The van der Waals surface area contributed by atoms with Crippen LogP contribution in [0, 0.1) is 13.8 Å². The predicted octanol–water partition coefficient (Wildman–Crippen LogP) is 1.98. The second-order valence-corrected chi connectivity index (χ2v) is 7.76. The molecule has 4 rings (SSSR count). The van der Waals surface area contributed by atoms with Gasteiger partial charge in [-0.2, -0.15) is 4.31 Å². The van der Waals surface area contributed by atoms with Crippen molar-refractivity contribution in [3.05, 3.63) is 47.1 Å². The minimum absolute atomic E-state index is 0.168. The monoisotopic (exact) mass is 344 g/mol. The van der Waals surface area contributed by atoms with E-state index in [0.29, 0.717) is 36.6 Å². The van der Waals surface area contributed by atoms with Gasteiger partial charge in [-0.05, 0) is 37.6 Å². The molecular weight excluding hydrogens is 328 g/mol. The maximum atomic E-state index is 13.0. The van der Waals surface area contributed by atoms with Crippen LogP contribution in [-0.2, 0) is 23.0 Å². The highest BCUT2D eigenvalue weighted by Crippen LogP contribution is 2.28. The highest BCUT2D eigenvalue weighted by atomic mass is 32.2. The summed E-state index contributed by atoms with van der Waals surface area (Å²) in [4.78, 5) is 8.99. The van der Waals surface area contributed by atoms with Crippen molar-refractivity contribution >= 4 is 21.1 Å². The fourth-order valence-corrected chi connectivity index (χ4v) is 4.83. The quantitative estimate of drug-likeness (QED) is 0.706. The minimum Gasteiger partial charge on any atom is -0.360 e. The minimum atomic E-state index is -3.64. The fourth-order valence-electron chi connectivity index (χ4n) is 3.12. The fraction of sp³-hybridized carbons (Fsp3) is 0.312. The van der Waals surface area contributed by atoms with Gasteiger partial charge in [0.05, 0.1) is 0 Å². The molecule has 8 heteroatoms. The molecule has 0 unspecified atom stereocenters. The first-order valence-electron chi connectivity index (χ1n) is 7.63. The van der Waals surface area contributed by atoms with Crippen LogP contribution in [0.1, 0.15) is 22.7 Å². The Hall–Kier alpha value is -2.32. The Morgan fingerprint density at radius 1 is 1.29 bits per heavy atom. The summed E-state index contributed by atoms with van der Waals surface area (Å²) in [5.74, 6) is 0.319. The molecule has 3 aromatic rings. The SMILES string of the molecule is Cc1noc(C)c1S(=O)(=O)N1CCc2nc3ncccc3cc2C1. The lowest BCUT2D eigenvalue weighted by Gasteiger charge is -2.27. The summed E-state index contributed by atoms with van der Waals surface area (Å²) in [5, 5.41) is 4.67. The molecule has 0 radical (unpaired) electrons. The number of sulfonamides is 1. The Morgan fingerprint density at radius 2 is 2.12 bits per heavy atom. The van der Waals surface area contributed by atoms with Crippen LogP contribution in [0.5, 0.6) is 0 Å². The summed E-state index contributed by atoms with van der Waals surface area (Å²) >= 11 is 0. The average molecular weight is 344 g/mol. The van der Waals surface area contributed by atoms with Gasteiger partial charge in [0.1, 0.15) is 10.6 Å². The number of hydrogen-bond donors (Lipinski definition) is 0. The van der Waals surface area contributed by atoms with E-state index in [0.717, 1.165) is 16.6 Å². The number of nitrogens with zero attached hydrogens (tertiary/aromatic N) is 4. The molecule has 0 amide bonds. The third kappa shape index (κ3) is 2.30. The van der Waals surface area contributed by atoms with Crippen LogP contribution in [0.25, 0.3) is 11.0 Å². The Bertz CT molecular complexity index is 1020.